The molecule has 1 aromatic rings. The minimum Gasteiger partial charge on any atom is -0.224 e. The van der Waals surface area contributed by atoms with Crippen LogP contribution in [-0.2, 0) is 5.41 Å². The Hall–Kier alpha value is -0.830. The minimum atomic E-state index is -0.0972. The van der Waals surface area contributed by atoms with Gasteiger partial charge in [-0.15, -0.1) is 0 Å². The van der Waals surface area contributed by atoms with E-state index in [-0.39, 0.29) is 11.2 Å². The molecule has 1 aliphatic carbocycles. The quantitative estimate of drug-likeness (QED) is 0.563. The lowest BCUT2D eigenvalue weighted by Crippen LogP contribution is -2.03. The summed E-state index contributed by atoms with van der Waals surface area (Å²) in [7, 11) is 0. The third-order valence-corrected chi connectivity index (χ3v) is 3.27. The fraction of sp³-hybridized carbons (Fsp3) is 0.417. The van der Waals surface area contributed by atoms with Crippen molar-refractivity contribution in [3.63, 3.8) is 0 Å². The molecule has 0 heterocycles. The fourth-order valence-corrected chi connectivity index (χ4v) is 1.90. The summed E-state index contributed by atoms with van der Waals surface area (Å²) in [5, 5.41) is 0. The molecule has 1 aromatic carbocycles. The molecule has 0 radical (unpaired) electrons. The normalized spacial score (nSPS) is 18.3. The Labute approximate surface area is 93.9 Å². The Kier molecular flexibility index (Phi) is 2.83. The molecular weight excluding hydrogens is 209 g/mol. The average molecular weight is 223 g/mol. The van der Waals surface area contributed by atoms with Crippen LogP contribution < -0.4 is 0 Å². The molecule has 1 nitrogen and oxygen atoms in total. The first-order chi connectivity index (χ1) is 7.15. The van der Waals surface area contributed by atoms with E-state index in [2.05, 4.69) is 11.3 Å². The summed E-state index contributed by atoms with van der Waals surface area (Å²) >= 11 is 1.37. The SMILES string of the molecule is CS/N=C/c1ccc(C2(C)CC2)c(F)c1. The van der Waals surface area contributed by atoms with Crippen LogP contribution in [0.5, 0.6) is 0 Å². The second kappa shape index (κ2) is 3.97. The van der Waals surface area contributed by atoms with E-state index in [4.69, 9.17) is 0 Å². The first kappa shape index (κ1) is 10.7. The van der Waals surface area contributed by atoms with Gasteiger partial charge in [0.05, 0.1) is 0 Å². The van der Waals surface area contributed by atoms with Crippen LogP contribution in [0.25, 0.3) is 0 Å². The molecule has 0 atom stereocenters. The molecule has 0 aliphatic heterocycles. The van der Waals surface area contributed by atoms with Gasteiger partial charge in [0.25, 0.3) is 0 Å². The second-order valence-corrected chi connectivity index (χ2v) is 4.79. The number of rotatable bonds is 3. The van der Waals surface area contributed by atoms with Gasteiger partial charge in [-0.1, -0.05) is 19.1 Å². The van der Waals surface area contributed by atoms with Crippen molar-refractivity contribution >= 4 is 18.2 Å². The minimum absolute atomic E-state index is 0.0965. The van der Waals surface area contributed by atoms with Gasteiger partial charge in [0.2, 0.25) is 0 Å². The van der Waals surface area contributed by atoms with Crippen molar-refractivity contribution in [2.24, 2.45) is 4.40 Å². The number of halogens is 1. The molecule has 0 aromatic heterocycles. The summed E-state index contributed by atoms with van der Waals surface area (Å²) in [4.78, 5) is 0. The second-order valence-electron chi connectivity index (χ2n) is 4.22. The van der Waals surface area contributed by atoms with E-state index in [1.54, 1.807) is 12.3 Å². The van der Waals surface area contributed by atoms with Crippen molar-refractivity contribution < 1.29 is 4.39 Å². The van der Waals surface area contributed by atoms with Crippen molar-refractivity contribution in [2.45, 2.75) is 25.2 Å². The first-order valence-electron chi connectivity index (χ1n) is 5.02. The Morgan fingerprint density at radius 2 is 2.20 bits per heavy atom. The lowest BCUT2D eigenvalue weighted by atomic mass is 9.97. The molecule has 0 amide bonds. The summed E-state index contributed by atoms with van der Waals surface area (Å²) in [6.07, 6.45) is 5.77. The van der Waals surface area contributed by atoms with Crippen LogP contribution in [0.1, 0.15) is 30.9 Å². The van der Waals surface area contributed by atoms with Gasteiger partial charge in [-0.2, -0.15) is 0 Å². The van der Waals surface area contributed by atoms with Crippen LogP contribution in [0.3, 0.4) is 0 Å². The molecule has 0 bridgehead atoms. The van der Waals surface area contributed by atoms with Crippen molar-refractivity contribution in [3.8, 4) is 0 Å². The first-order valence-corrected chi connectivity index (χ1v) is 6.20. The molecule has 2 rings (SSSR count). The van der Waals surface area contributed by atoms with Gasteiger partial charge in [0, 0.05) is 12.5 Å². The van der Waals surface area contributed by atoms with Gasteiger partial charge in [-0.3, -0.25) is 0 Å². The highest BCUT2D eigenvalue weighted by Gasteiger charge is 2.40. The molecule has 15 heavy (non-hydrogen) atoms. The van der Waals surface area contributed by atoms with Gasteiger partial charge >= 0.3 is 0 Å². The van der Waals surface area contributed by atoms with Crippen LogP contribution in [-0.4, -0.2) is 12.5 Å². The lowest BCUT2D eigenvalue weighted by molar-refractivity contribution is 0.586. The molecule has 1 saturated carbocycles. The summed E-state index contributed by atoms with van der Waals surface area (Å²) in [6, 6.07) is 5.39. The molecule has 1 aliphatic rings. The van der Waals surface area contributed by atoms with E-state index >= 15 is 0 Å². The number of hydrogen-bond acceptors (Lipinski definition) is 2. The number of hydrogen-bond donors (Lipinski definition) is 0. The highest BCUT2D eigenvalue weighted by atomic mass is 32.2. The maximum Gasteiger partial charge on any atom is 0.127 e. The molecule has 80 valence electrons. The van der Waals surface area contributed by atoms with E-state index in [0.717, 1.165) is 24.0 Å². The number of nitrogens with zero attached hydrogens (tertiary/aromatic N) is 1. The molecular formula is C12H14FNS. The van der Waals surface area contributed by atoms with Crippen molar-refractivity contribution in [3.05, 3.63) is 35.1 Å². The number of benzene rings is 1. The molecule has 3 heteroatoms. The van der Waals surface area contributed by atoms with Crippen LogP contribution in [0.4, 0.5) is 4.39 Å². The van der Waals surface area contributed by atoms with E-state index < -0.39 is 0 Å². The van der Waals surface area contributed by atoms with Crippen molar-refractivity contribution in [2.75, 3.05) is 6.26 Å². The maximum atomic E-state index is 13.7. The average Bonchev–Trinajstić information content (AvgIpc) is 2.94. The van der Waals surface area contributed by atoms with E-state index in [1.807, 2.05) is 18.4 Å². The zero-order valence-corrected chi connectivity index (χ0v) is 9.77. The third-order valence-electron chi connectivity index (χ3n) is 2.95. The van der Waals surface area contributed by atoms with Crippen LogP contribution in [0.2, 0.25) is 0 Å². The summed E-state index contributed by atoms with van der Waals surface area (Å²) in [5.41, 5.74) is 1.78. The molecule has 0 spiro atoms. The molecule has 1 fully saturated rings. The molecule has 0 N–H and O–H groups in total. The van der Waals surface area contributed by atoms with Gasteiger partial charge in [0.1, 0.15) is 5.82 Å². The highest BCUT2D eigenvalue weighted by Crippen LogP contribution is 2.48. The van der Waals surface area contributed by atoms with Gasteiger partial charge < -0.3 is 0 Å². The standard InChI is InChI=1S/C12H14FNS/c1-12(5-6-12)10-4-3-9(7-11(10)13)8-14-15-2/h3-4,7-8H,5-6H2,1-2H3/b14-8+. The maximum absolute atomic E-state index is 13.7. The molecule has 0 saturated heterocycles. The van der Waals surface area contributed by atoms with Crippen molar-refractivity contribution in [1.82, 2.24) is 0 Å². The molecule has 0 unspecified atom stereocenters. The Morgan fingerprint density at radius 1 is 1.47 bits per heavy atom. The fourth-order valence-electron chi connectivity index (χ4n) is 1.67. The predicted octanol–water partition coefficient (Wildman–Crippen LogP) is 3.57. The Morgan fingerprint density at radius 3 is 2.73 bits per heavy atom. The zero-order valence-electron chi connectivity index (χ0n) is 8.96. The predicted molar refractivity (Wildman–Crippen MR) is 64.1 cm³/mol. The van der Waals surface area contributed by atoms with E-state index in [1.165, 1.54) is 11.9 Å². The van der Waals surface area contributed by atoms with Gasteiger partial charge in [-0.05, 0) is 47.4 Å². The lowest BCUT2D eigenvalue weighted by Gasteiger charge is -2.10. The van der Waals surface area contributed by atoms with Gasteiger partial charge in [0.15, 0.2) is 0 Å². The Bertz CT molecular complexity index is 397. The highest BCUT2D eigenvalue weighted by molar-refractivity contribution is 7.97. The Balaban J connectivity index is 2.27. The van der Waals surface area contributed by atoms with Crippen LogP contribution in [0, 0.1) is 5.82 Å². The summed E-state index contributed by atoms with van der Waals surface area (Å²) < 4.78 is 17.8. The zero-order chi connectivity index (χ0) is 10.9. The van der Waals surface area contributed by atoms with Gasteiger partial charge in [-0.25, -0.2) is 8.79 Å². The smallest absolute Gasteiger partial charge is 0.127 e. The van der Waals surface area contributed by atoms with E-state index in [0.29, 0.717) is 0 Å². The summed E-state index contributed by atoms with van der Waals surface area (Å²) in [5.74, 6) is -0.0972. The topological polar surface area (TPSA) is 12.4 Å². The van der Waals surface area contributed by atoms with E-state index in [9.17, 15) is 4.39 Å². The summed E-state index contributed by atoms with van der Waals surface area (Å²) in [6.45, 7) is 2.11. The monoisotopic (exact) mass is 223 g/mol. The van der Waals surface area contributed by atoms with Crippen LogP contribution in [0.15, 0.2) is 22.6 Å². The van der Waals surface area contributed by atoms with Crippen molar-refractivity contribution in [1.29, 1.82) is 0 Å². The van der Waals surface area contributed by atoms with Crippen LogP contribution >= 0.6 is 11.9 Å². The third kappa shape index (κ3) is 2.23. The largest absolute Gasteiger partial charge is 0.224 e.